The Kier molecular flexibility index (Phi) is 6.37. The Morgan fingerprint density at radius 3 is 2.33 bits per heavy atom. The van der Waals surface area contributed by atoms with Crippen LogP contribution in [0.15, 0.2) is 24.3 Å². The van der Waals surface area contributed by atoms with Gasteiger partial charge in [-0.1, -0.05) is 32.0 Å². The highest BCUT2D eigenvalue weighted by Crippen LogP contribution is 2.28. The SMILES string of the molecule is CCC(CC)(CN)C(=O)Nc1ccccc1CC(=O)NC. The molecule has 5 heteroatoms. The van der Waals surface area contributed by atoms with E-state index in [4.69, 9.17) is 5.73 Å². The molecule has 0 fully saturated rings. The molecule has 1 rings (SSSR count). The molecule has 116 valence electrons. The van der Waals surface area contributed by atoms with Gasteiger partial charge in [0, 0.05) is 19.3 Å². The molecule has 0 radical (unpaired) electrons. The molecule has 0 atom stereocenters. The van der Waals surface area contributed by atoms with Gasteiger partial charge in [0.25, 0.3) is 0 Å². The first-order valence-corrected chi connectivity index (χ1v) is 7.33. The van der Waals surface area contributed by atoms with Gasteiger partial charge in [0.05, 0.1) is 11.8 Å². The molecule has 0 aliphatic carbocycles. The second kappa shape index (κ2) is 7.78. The summed E-state index contributed by atoms with van der Waals surface area (Å²) < 4.78 is 0. The van der Waals surface area contributed by atoms with E-state index in [1.54, 1.807) is 7.05 Å². The maximum Gasteiger partial charge on any atom is 0.231 e. The molecule has 0 saturated heterocycles. The van der Waals surface area contributed by atoms with Gasteiger partial charge in [0.1, 0.15) is 0 Å². The Morgan fingerprint density at radius 2 is 1.81 bits per heavy atom. The van der Waals surface area contributed by atoms with Crippen LogP contribution in [0.25, 0.3) is 0 Å². The molecule has 0 bridgehead atoms. The summed E-state index contributed by atoms with van der Waals surface area (Å²) in [5, 5.41) is 5.52. The van der Waals surface area contributed by atoms with Crippen LogP contribution in [0.5, 0.6) is 0 Å². The molecule has 21 heavy (non-hydrogen) atoms. The summed E-state index contributed by atoms with van der Waals surface area (Å²) in [7, 11) is 1.59. The Hall–Kier alpha value is -1.88. The smallest absolute Gasteiger partial charge is 0.231 e. The van der Waals surface area contributed by atoms with Gasteiger partial charge in [-0.25, -0.2) is 0 Å². The van der Waals surface area contributed by atoms with E-state index >= 15 is 0 Å². The monoisotopic (exact) mass is 291 g/mol. The van der Waals surface area contributed by atoms with Crippen LogP contribution in [0, 0.1) is 5.41 Å². The lowest BCUT2D eigenvalue weighted by Crippen LogP contribution is -2.41. The van der Waals surface area contributed by atoms with E-state index in [-0.39, 0.29) is 18.2 Å². The standard InChI is InChI=1S/C16H25N3O2/c1-4-16(5-2,11-17)15(21)19-13-9-7-6-8-12(13)10-14(20)18-3/h6-9H,4-5,10-11,17H2,1-3H3,(H,18,20)(H,19,21). The van der Waals surface area contributed by atoms with Crippen molar-refractivity contribution < 1.29 is 9.59 Å². The van der Waals surface area contributed by atoms with E-state index in [2.05, 4.69) is 10.6 Å². The van der Waals surface area contributed by atoms with E-state index in [9.17, 15) is 9.59 Å². The first kappa shape index (κ1) is 17.2. The third-order valence-corrected chi connectivity index (χ3v) is 4.12. The first-order chi connectivity index (χ1) is 10.0. The van der Waals surface area contributed by atoms with Crippen molar-refractivity contribution in [3.63, 3.8) is 0 Å². The highest BCUT2D eigenvalue weighted by Gasteiger charge is 2.33. The molecular formula is C16H25N3O2. The zero-order valence-corrected chi connectivity index (χ0v) is 13.0. The fourth-order valence-electron chi connectivity index (χ4n) is 2.27. The molecule has 0 heterocycles. The fourth-order valence-corrected chi connectivity index (χ4v) is 2.27. The number of nitrogens with two attached hydrogens (primary N) is 1. The molecule has 4 N–H and O–H groups in total. The minimum atomic E-state index is -0.555. The molecule has 0 aromatic heterocycles. The molecule has 2 amide bonds. The summed E-state index contributed by atoms with van der Waals surface area (Å²) >= 11 is 0. The second-order valence-electron chi connectivity index (χ2n) is 5.15. The van der Waals surface area contributed by atoms with Gasteiger partial charge >= 0.3 is 0 Å². The van der Waals surface area contributed by atoms with Crippen molar-refractivity contribution >= 4 is 17.5 Å². The van der Waals surface area contributed by atoms with Crippen molar-refractivity contribution in [2.45, 2.75) is 33.1 Å². The summed E-state index contributed by atoms with van der Waals surface area (Å²) in [6.45, 7) is 4.24. The Balaban J connectivity index is 2.97. The predicted octanol–water partition coefficient (Wildman–Crippen LogP) is 1.68. The average Bonchev–Trinajstić information content (AvgIpc) is 2.51. The normalized spacial score (nSPS) is 11.0. The lowest BCUT2D eigenvalue weighted by molar-refractivity contribution is -0.125. The molecule has 0 aliphatic rings. The van der Waals surface area contributed by atoms with Crippen LogP contribution >= 0.6 is 0 Å². The number of likely N-dealkylation sites (N-methyl/N-ethyl adjacent to an activating group) is 1. The van der Waals surface area contributed by atoms with Gasteiger partial charge in [-0.05, 0) is 24.5 Å². The molecular weight excluding hydrogens is 266 g/mol. The topological polar surface area (TPSA) is 84.2 Å². The molecule has 0 spiro atoms. The highest BCUT2D eigenvalue weighted by molar-refractivity contribution is 5.96. The van der Waals surface area contributed by atoms with Crippen LogP contribution in [0.3, 0.4) is 0 Å². The minimum absolute atomic E-state index is 0.0839. The number of carbonyl (C=O) groups is 2. The van der Waals surface area contributed by atoms with Crippen LogP contribution in [0.2, 0.25) is 0 Å². The van der Waals surface area contributed by atoms with Crippen LogP contribution in [-0.4, -0.2) is 25.4 Å². The number of hydrogen-bond acceptors (Lipinski definition) is 3. The second-order valence-corrected chi connectivity index (χ2v) is 5.15. The van der Waals surface area contributed by atoms with E-state index in [0.29, 0.717) is 25.1 Å². The van der Waals surface area contributed by atoms with Crippen LogP contribution in [-0.2, 0) is 16.0 Å². The largest absolute Gasteiger partial charge is 0.359 e. The molecule has 1 aromatic rings. The zero-order valence-electron chi connectivity index (χ0n) is 13.0. The van der Waals surface area contributed by atoms with Crippen LogP contribution < -0.4 is 16.4 Å². The number of carbonyl (C=O) groups excluding carboxylic acids is 2. The Bertz CT molecular complexity index is 488. The van der Waals surface area contributed by atoms with Gasteiger partial charge in [-0.15, -0.1) is 0 Å². The number of hydrogen-bond donors (Lipinski definition) is 3. The highest BCUT2D eigenvalue weighted by atomic mass is 16.2. The number of benzene rings is 1. The first-order valence-electron chi connectivity index (χ1n) is 7.33. The third kappa shape index (κ3) is 4.04. The Labute approximate surface area is 126 Å². The average molecular weight is 291 g/mol. The fraction of sp³-hybridized carbons (Fsp3) is 0.500. The van der Waals surface area contributed by atoms with Gasteiger partial charge in [0.2, 0.25) is 11.8 Å². The van der Waals surface area contributed by atoms with Crippen molar-refractivity contribution in [3.8, 4) is 0 Å². The molecule has 0 saturated carbocycles. The number of anilines is 1. The van der Waals surface area contributed by atoms with E-state index in [1.807, 2.05) is 38.1 Å². The summed E-state index contributed by atoms with van der Waals surface area (Å²) in [5.41, 5.74) is 6.71. The maximum atomic E-state index is 12.5. The van der Waals surface area contributed by atoms with Gasteiger partial charge in [-0.2, -0.15) is 0 Å². The van der Waals surface area contributed by atoms with E-state index < -0.39 is 5.41 Å². The Morgan fingerprint density at radius 1 is 1.19 bits per heavy atom. The van der Waals surface area contributed by atoms with E-state index in [1.165, 1.54) is 0 Å². The predicted molar refractivity (Wildman–Crippen MR) is 84.9 cm³/mol. The number of para-hydroxylation sites is 1. The number of nitrogens with one attached hydrogen (secondary N) is 2. The lowest BCUT2D eigenvalue weighted by atomic mass is 9.81. The molecule has 0 aliphatic heterocycles. The number of amides is 2. The third-order valence-electron chi connectivity index (χ3n) is 4.12. The van der Waals surface area contributed by atoms with Crippen LogP contribution in [0.4, 0.5) is 5.69 Å². The van der Waals surface area contributed by atoms with Gasteiger partial charge in [-0.3, -0.25) is 9.59 Å². The number of rotatable bonds is 7. The zero-order chi connectivity index (χ0) is 15.9. The maximum absolute atomic E-state index is 12.5. The van der Waals surface area contributed by atoms with Crippen molar-refractivity contribution in [1.82, 2.24) is 5.32 Å². The van der Waals surface area contributed by atoms with Crippen molar-refractivity contribution in [1.29, 1.82) is 0 Å². The van der Waals surface area contributed by atoms with Gasteiger partial charge < -0.3 is 16.4 Å². The van der Waals surface area contributed by atoms with Crippen molar-refractivity contribution in [3.05, 3.63) is 29.8 Å². The van der Waals surface area contributed by atoms with Crippen molar-refractivity contribution in [2.75, 3.05) is 18.9 Å². The molecule has 5 nitrogen and oxygen atoms in total. The quantitative estimate of drug-likeness (QED) is 0.714. The molecule has 1 aromatic carbocycles. The molecule has 0 unspecified atom stereocenters. The minimum Gasteiger partial charge on any atom is -0.359 e. The van der Waals surface area contributed by atoms with Crippen LogP contribution in [0.1, 0.15) is 32.3 Å². The summed E-state index contributed by atoms with van der Waals surface area (Å²) in [6, 6.07) is 7.34. The van der Waals surface area contributed by atoms with Gasteiger partial charge in [0.15, 0.2) is 0 Å². The summed E-state index contributed by atoms with van der Waals surface area (Å²) in [4.78, 5) is 24.1. The van der Waals surface area contributed by atoms with Crippen molar-refractivity contribution in [2.24, 2.45) is 11.1 Å². The van der Waals surface area contributed by atoms with E-state index in [0.717, 1.165) is 5.56 Å². The summed E-state index contributed by atoms with van der Waals surface area (Å²) in [6.07, 6.45) is 1.60. The lowest BCUT2D eigenvalue weighted by Gasteiger charge is -2.29. The summed E-state index contributed by atoms with van der Waals surface area (Å²) in [5.74, 6) is -0.174.